The molecule has 3 rings (SSSR count). The summed E-state index contributed by atoms with van der Waals surface area (Å²) in [6.07, 6.45) is 1.26. The minimum atomic E-state index is -0.699. The smallest absolute Gasteiger partial charge is 0.321 e. The van der Waals surface area contributed by atoms with Crippen molar-refractivity contribution in [3.63, 3.8) is 0 Å². The molecule has 0 aliphatic carbocycles. The molecule has 3 aromatic rings. The highest BCUT2D eigenvalue weighted by molar-refractivity contribution is 5.89. The van der Waals surface area contributed by atoms with Crippen molar-refractivity contribution in [3.8, 4) is 11.7 Å². The molecule has 0 aliphatic heterocycles. The van der Waals surface area contributed by atoms with E-state index < -0.39 is 5.95 Å². The van der Waals surface area contributed by atoms with Crippen LogP contribution in [-0.4, -0.2) is 50.4 Å². The number of fused-ring (bicyclic) bond motifs is 1. The molecule has 0 atom stereocenters. The Morgan fingerprint density at radius 3 is 2.81 bits per heavy atom. The summed E-state index contributed by atoms with van der Waals surface area (Å²) in [6, 6.07) is 5.00. The number of ether oxygens (including phenoxy) is 1. The maximum Gasteiger partial charge on any atom is 0.321 e. The van der Waals surface area contributed by atoms with Crippen LogP contribution in [0.3, 0.4) is 0 Å². The Balaban J connectivity index is 1.87. The van der Waals surface area contributed by atoms with Crippen LogP contribution in [0.5, 0.6) is 5.75 Å². The summed E-state index contributed by atoms with van der Waals surface area (Å²) in [6.45, 7) is 7.22. The number of rotatable bonds is 6. The molecule has 0 spiro atoms. The summed E-state index contributed by atoms with van der Waals surface area (Å²) in [7, 11) is 0. The van der Waals surface area contributed by atoms with E-state index >= 15 is 0 Å². The molecule has 138 valence electrons. The normalized spacial score (nSPS) is 10.9. The number of hydrogen-bond donors (Lipinski definition) is 2. The van der Waals surface area contributed by atoms with Crippen molar-refractivity contribution in [2.24, 2.45) is 0 Å². The Labute approximate surface area is 150 Å². The molecule has 0 radical (unpaired) electrons. The molecule has 1 aromatic carbocycles. The Bertz CT molecular complexity index is 915. The predicted molar refractivity (Wildman–Crippen MR) is 96.3 cm³/mol. The highest BCUT2D eigenvalue weighted by Crippen LogP contribution is 2.22. The van der Waals surface area contributed by atoms with Crippen molar-refractivity contribution >= 4 is 22.8 Å². The quantitative estimate of drug-likeness (QED) is 0.707. The number of urea groups is 1. The van der Waals surface area contributed by atoms with Crippen LogP contribution in [0.4, 0.5) is 14.9 Å². The van der Waals surface area contributed by atoms with Crippen LogP contribution in [0.25, 0.3) is 17.0 Å². The summed E-state index contributed by atoms with van der Waals surface area (Å²) in [5, 5.41) is 6.52. The Morgan fingerprint density at radius 1 is 1.35 bits per heavy atom. The summed E-state index contributed by atoms with van der Waals surface area (Å²) >= 11 is 0. The standard InChI is InChI=1S/C17H21FN6O2/c1-4-23(5-2)17(25)22-14-10-19-24(15(14)18)16-20-12-8-7-11(26-6-3)9-13(12)21-16/h7-10H,4-6H2,1-3H3,(H,20,21)(H,22,25). The second kappa shape index (κ2) is 7.42. The summed E-state index contributed by atoms with van der Waals surface area (Å²) in [5.74, 6) is 0.215. The fourth-order valence-electron chi connectivity index (χ4n) is 2.60. The van der Waals surface area contributed by atoms with Gasteiger partial charge in [-0.1, -0.05) is 0 Å². The van der Waals surface area contributed by atoms with Gasteiger partial charge in [0.1, 0.15) is 11.4 Å². The fourth-order valence-corrected chi connectivity index (χ4v) is 2.60. The van der Waals surface area contributed by atoms with E-state index in [1.807, 2.05) is 20.8 Å². The van der Waals surface area contributed by atoms with Crippen LogP contribution in [-0.2, 0) is 0 Å². The number of aromatic nitrogens is 4. The second-order valence-electron chi connectivity index (χ2n) is 5.54. The average molecular weight is 360 g/mol. The molecule has 0 aliphatic rings. The summed E-state index contributed by atoms with van der Waals surface area (Å²) in [5.41, 5.74) is 1.36. The Hall–Kier alpha value is -3.10. The number of hydrogen-bond acceptors (Lipinski definition) is 4. The Morgan fingerprint density at radius 2 is 2.12 bits per heavy atom. The molecule has 26 heavy (non-hydrogen) atoms. The van der Waals surface area contributed by atoms with Crippen LogP contribution in [0, 0.1) is 5.95 Å². The number of anilines is 1. The van der Waals surface area contributed by atoms with E-state index in [1.54, 1.807) is 23.1 Å². The van der Waals surface area contributed by atoms with E-state index in [0.29, 0.717) is 36.5 Å². The lowest BCUT2D eigenvalue weighted by Gasteiger charge is -2.18. The maximum absolute atomic E-state index is 14.7. The molecule has 2 amide bonds. The number of benzene rings is 1. The van der Waals surface area contributed by atoms with Crippen molar-refractivity contribution in [1.82, 2.24) is 24.6 Å². The lowest BCUT2D eigenvalue weighted by Crippen LogP contribution is -2.34. The zero-order valence-electron chi connectivity index (χ0n) is 14.9. The summed E-state index contributed by atoms with van der Waals surface area (Å²) < 4.78 is 21.1. The van der Waals surface area contributed by atoms with Crippen molar-refractivity contribution in [1.29, 1.82) is 0 Å². The van der Waals surface area contributed by atoms with Gasteiger partial charge in [-0.15, -0.1) is 0 Å². The molecular formula is C17H21FN6O2. The second-order valence-corrected chi connectivity index (χ2v) is 5.54. The largest absolute Gasteiger partial charge is 0.494 e. The number of nitrogens with zero attached hydrogens (tertiary/aromatic N) is 4. The number of H-pyrrole nitrogens is 1. The van der Waals surface area contributed by atoms with E-state index in [0.717, 1.165) is 4.68 Å². The molecule has 0 bridgehead atoms. The summed E-state index contributed by atoms with van der Waals surface area (Å²) in [4.78, 5) is 21.0. The molecule has 0 unspecified atom stereocenters. The third-order valence-corrected chi connectivity index (χ3v) is 3.96. The molecule has 2 aromatic heterocycles. The molecule has 2 heterocycles. The molecule has 0 saturated carbocycles. The number of halogens is 1. The first-order valence-corrected chi connectivity index (χ1v) is 8.49. The first-order valence-electron chi connectivity index (χ1n) is 8.49. The minimum Gasteiger partial charge on any atom is -0.494 e. The third kappa shape index (κ3) is 3.32. The number of carbonyl (C=O) groups excluding carboxylic acids is 1. The van der Waals surface area contributed by atoms with Gasteiger partial charge in [0.15, 0.2) is 0 Å². The third-order valence-electron chi connectivity index (χ3n) is 3.96. The number of amides is 2. The van der Waals surface area contributed by atoms with Crippen LogP contribution < -0.4 is 10.1 Å². The molecule has 0 saturated heterocycles. The predicted octanol–water partition coefficient (Wildman–Crippen LogP) is 3.16. The van der Waals surface area contributed by atoms with Crippen molar-refractivity contribution in [2.75, 3.05) is 25.0 Å². The SMILES string of the molecule is CCOc1ccc2nc(-n3ncc(NC(=O)N(CC)CC)c3F)[nH]c2c1. The van der Waals surface area contributed by atoms with Gasteiger partial charge in [-0.25, -0.2) is 9.78 Å². The zero-order valence-corrected chi connectivity index (χ0v) is 14.9. The van der Waals surface area contributed by atoms with Gasteiger partial charge in [0.05, 0.1) is 23.8 Å². The first-order chi connectivity index (χ1) is 12.6. The molecular weight excluding hydrogens is 339 g/mol. The number of imidazole rings is 1. The highest BCUT2D eigenvalue weighted by atomic mass is 19.1. The van der Waals surface area contributed by atoms with Gasteiger partial charge < -0.3 is 19.9 Å². The topological polar surface area (TPSA) is 88.1 Å². The van der Waals surface area contributed by atoms with Crippen LogP contribution >= 0.6 is 0 Å². The fraction of sp³-hybridized carbons (Fsp3) is 0.353. The van der Waals surface area contributed by atoms with Crippen LogP contribution in [0.15, 0.2) is 24.4 Å². The number of carbonyl (C=O) groups is 1. The Kier molecular flexibility index (Phi) is 5.06. The van der Waals surface area contributed by atoms with E-state index in [9.17, 15) is 9.18 Å². The van der Waals surface area contributed by atoms with E-state index in [1.165, 1.54) is 6.20 Å². The molecule has 0 fully saturated rings. The van der Waals surface area contributed by atoms with Crippen molar-refractivity contribution in [3.05, 3.63) is 30.3 Å². The van der Waals surface area contributed by atoms with E-state index in [2.05, 4.69) is 20.4 Å². The van der Waals surface area contributed by atoms with Crippen LogP contribution in [0.2, 0.25) is 0 Å². The van der Waals surface area contributed by atoms with Gasteiger partial charge in [0.2, 0.25) is 11.9 Å². The van der Waals surface area contributed by atoms with Crippen molar-refractivity contribution < 1.29 is 13.9 Å². The molecule has 9 heteroatoms. The van der Waals surface area contributed by atoms with Crippen LogP contribution in [0.1, 0.15) is 20.8 Å². The van der Waals surface area contributed by atoms with Gasteiger partial charge >= 0.3 is 6.03 Å². The highest BCUT2D eigenvalue weighted by Gasteiger charge is 2.18. The first kappa shape index (κ1) is 17.7. The van der Waals surface area contributed by atoms with Gasteiger partial charge in [0.25, 0.3) is 0 Å². The van der Waals surface area contributed by atoms with E-state index in [4.69, 9.17) is 4.74 Å². The molecule has 8 nitrogen and oxygen atoms in total. The van der Waals surface area contributed by atoms with Gasteiger partial charge in [-0.3, -0.25) is 0 Å². The van der Waals surface area contributed by atoms with Gasteiger partial charge in [-0.2, -0.15) is 14.2 Å². The number of aromatic amines is 1. The molecule has 2 N–H and O–H groups in total. The monoisotopic (exact) mass is 360 g/mol. The average Bonchev–Trinajstić information content (AvgIpc) is 3.20. The number of nitrogens with one attached hydrogen (secondary N) is 2. The van der Waals surface area contributed by atoms with E-state index in [-0.39, 0.29) is 17.7 Å². The van der Waals surface area contributed by atoms with Crippen molar-refractivity contribution in [2.45, 2.75) is 20.8 Å². The minimum absolute atomic E-state index is 0.00244. The van der Waals surface area contributed by atoms with Gasteiger partial charge in [-0.05, 0) is 32.9 Å². The zero-order chi connectivity index (χ0) is 18.7. The lowest BCUT2D eigenvalue weighted by atomic mass is 10.3. The lowest BCUT2D eigenvalue weighted by molar-refractivity contribution is 0.217. The van der Waals surface area contributed by atoms with Gasteiger partial charge in [0, 0.05) is 19.2 Å². The maximum atomic E-state index is 14.7.